The van der Waals surface area contributed by atoms with E-state index in [4.69, 9.17) is 5.26 Å². The molecule has 2 amide bonds. The highest BCUT2D eigenvalue weighted by atomic mass is 32.1. The van der Waals surface area contributed by atoms with Crippen molar-refractivity contribution in [1.82, 2.24) is 15.2 Å². The number of carbonyl (C=O) groups excluding carboxylic acids is 2. The van der Waals surface area contributed by atoms with Crippen LogP contribution in [0.25, 0.3) is 10.7 Å². The first-order chi connectivity index (χ1) is 14.2. The quantitative estimate of drug-likeness (QED) is 0.614. The average Bonchev–Trinajstić information content (AvgIpc) is 3.22. The third-order valence-corrected chi connectivity index (χ3v) is 4.80. The van der Waals surface area contributed by atoms with Crippen molar-refractivity contribution in [2.75, 3.05) is 16.8 Å². The highest BCUT2D eigenvalue weighted by molar-refractivity contribution is 7.18. The van der Waals surface area contributed by atoms with Crippen molar-refractivity contribution >= 4 is 34.0 Å². The van der Waals surface area contributed by atoms with Crippen molar-refractivity contribution in [3.8, 4) is 16.8 Å². The Kier molecular flexibility index (Phi) is 6.97. The van der Waals surface area contributed by atoms with E-state index < -0.39 is 0 Å². The van der Waals surface area contributed by atoms with Gasteiger partial charge in [0.05, 0.1) is 12.5 Å². The molecule has 0 atom stereocenters. The zero-order chi connectivity index (χ0) is 20.5. The first kappa shape index (κ1) is 20.1. The van der Waals surface area contributed by atoms with E-state index in [0.29, 0.717) is 21.5 Å². The zero-order valence-corrected chi connectivity index (χ0v) is 16.3. The molecule has 0 fully saturated rings. The van der Waals surface area contributed by atoms with Crippen LogP contribution < -0.4 is 10.2 Å². The number of benzene rings is 1. The Labute approximate surface area is 171 Å². The van der Waals surface area contributed by atoms with E-state index in [-0.39, 0.29) is 37.6 Å². The van der Waals surface area contributed by atoms with Crippen molar-refractivity contribution in [2.24, 2.45) is 0 Å². The van der Waals surface area contributed by atoms with Crippen molar-refractivity contribution in [3.63, 3.8) is 0 Å². The SMILES string of the molecule is N#CCCN(C(=O)CCC(=O)Nc1nnc(-c2ccccn2)s1)c1ccccc1. The molecule has 3 rings (SSSR count). The molecule has 8 nitrogen and oxygen atoms in total. The fourth-order valence-corrected chi connectivity index (χ4v) is 3.31. The van der Waals surface area contributed by atoms with Crippen LogP contribution in [0.4, 0.5) is 10.8 Å². The number of nitrogens with zero attached hydrogens (tertiary/aromatic N) is 5. The van der Waals surface area contributed by atoms with Crippen LogP contribution in [0.15, 0.2) is 54.7 Å². The number of pyridine rings is 1. The van der Waals surface area contributed by atoms with Gasteiger partial charge in [-0.3, -0.25) is 14.6 Å². The molecule has 3 aromatic rings. The van der Waals surface area contributed by atoms with Crippen molar-refractivity contribution in [2.45, 2.75) is 19.3 Å². The van der Waals surface area contributed by atoms with Gasteiger partial charge in [0.15, 0.2) is 5.01 Å². The molecule has 1 aromatic carbocycles. The third-order valence-electron chi connectivity index (χ3n) is 3.94. The van der Waals surface area contributed by atoms with Gasteiger partial charge < -0.3 is 10.2 Å². The average molecular weight is 406 g/mol. The Bertz CT molecular complexity index is 1000. The summed E-state index contributed by atoms with van der Waals surface area (Å²) in [7, 11) is 0. The number of rotatable bonds is 8. The third kappa shape index (κ3) is 5.67. The number of nitriles is 1. The molecule has 0 spiro atoms. The Hall–Kier alpha value is -3.64. The number of carbonyl (C=O) groups is 2. The molecule has 0 saturated carbocycles. The molecule has 0 aliphatic carbocycles. The molecule has 1 N–H and O–H groups in total. The lowest BCUT2D eigenvalue weighted by molar-refractivity contribution is -0.122. The van der Waals surface area contributed by atoms with Crippen LogP contribution in [-0.4, -0.2) is 33.5 Å². The summed E-state index contributed by atoms with van der Waals surface area (Å²) in [6, 6.07) is 16.6. The van der Waals surface area contributed by atoms with E-state index in [1.807, 2.05) is 36.4 Å². The van der Waals surface area contributed by atoms with E-state index in [0.717, 1.165) is 0 Å². The van der Waals surface area contributed by atoms with Gasteiger partial charge in [-0.25, -0.2) is 0 Å². The summed E-state index contributed by atoms with van der Waals surface area (Å²) in [5.74, 6) is -0.539. The lowest BCUT2D eigenvalue weighted by atomic mass is 10.2. The van der Waals surface area contributed by atoms with Gasteiger partial charge >= 0.3 is 0 Å². The van der Waals surface area contributed by atoms with Gasteiger partial charge in [0.25, 0.3) is 0 Å². The second kappa shape index (κ2) is 10.1. The zero-order valence-electron chi connectivity index (χ0n) is 15.5. The maximum atomic E-state index is 12.6. The van der Waals surface area contributed by atoms with Crippen molar-refractivity contribution in [3.05, 3.63) is 54.7 Å². The van der Waals surface area contributed by atoms with Crippen LogP contribution in [0.2, 0.25) is 0 Å². The van der Waals surface area contributed by atoms with Crippen LogP contribution >= 0.6 is 11.3 Å². The van der Waals surface area contributed by atoms with Crippen LogP contribution in [0.5, 0.6) is 0 Å². The van der Waals surface area contributed by atoms with Crippen molar-refractivity contribution < 1.29 is 9.59 Å². The summed E-state index contributed by atoms with van der Waals surface area (Å²) in [4.78, 5) is 30.5. The normalized spacial score (nSPS) is 10.2. The summed E-state index contributed by atoms with van der Waals surface area (Å²) in [5.41, 5.74) is 1.38. The molecule has 2 heterocycles. The molecular formula is C20H18N6O2S. The molecule has 9 heteroatoms. The van der Waals surface area contributed by atoms with Crippen molar-refractivity contribution in [1.29, 1.82) is 5.26 Å². The van der Waals surface area contributed by atoms with Gasteiger partial charge in [-0.15, -0.1) is 10.2 Å². The highest BCUT2D eigenvalue weighted by Crippen LogP contribution is 2.24. The molecule has 29 heavy (non-hydrogen) atoms. The second-order valence-corrected chi connectivity index (χ2v) is 6.94. The fraction of sp³-hybridized carbons (Fsp3) is 0.200. The van der Waals surface area contributed by atoms with E-state index >= 15 is 0 Å². The minimum absolute atomic E-state index is 0.00716. The largest absolute Gasteiger partial charge is 0.311 e. The number of anilines is 2. The lowest BCUT2D eigenvalue weighted by Gasteiger charge is -2.21. The minimum Gasteiger partial charge on any atom is -0.311 e. The number of hydrogen-bond acceptors (Lipinski definition) is 7. The Morgan fingerprint density at radius 3 is 2.59 bits per heavy atom. The molecule has 2 aromatic heterocycles. The monoisotopic (exact) mass is 406 g/mol. The van der Waals surface area contributed by atoms with E-state index in [1.165, 1.54) is 16.2 Å². The molecule has 0 saturated heterocycles. The molecule has 0 aliphatic heterocycles. The summed E-state index contributed by atoms with van der Waals surface area (Å²) in [6.07, 6.45) is 1.91. The predicted octanol–water partition coefficient (Wildman–Crippen LogP) is 3.27. The fourth-order valence-electron chi connectivity index (χ4n) is 2.57. The topological polar surface area (TPSA) is 112 Å². The molecular weight excluding hydrogens is 388 g/mol. The minimum atomic E-state index is -0.324. The Morgan fingerprint density at radius 1 is 1.07 bits per heavy atom. The number of nitrogens with one attached hydrogen (secondary N) is 1. The van der Waals surface area contributed by atoms with Crippen LogP contribution in [-0.2, 0) is 9.59 Å². The Balaban J connectivity index is 1.56. The van der Waals surface area contributed by atoms with Crippen LogP contribution in [0.1, 0.15) is 19.3 Å². The molecule has 146 valence electrons. The van der Waals surface area contributed by atoms with Gasteiger partial charge in [-0.2, -0.15) is 5.26 Å². The number of aromatic nitrogens is 3. The van der Waals surface area contributed by atoms with Crippen LogP contribution in [0, 0.1) is 11.3 Å². The van der Waals surface area contributed by atoms with Gasteiger partial charge in [0.1, 0.15) is 5.69 Å². The molecule has 0 radical (unpaired) electrons. The number of para-hydroxylation sites is 1. The van der Waals surface area contributed by atoms with Gasteiger partial charge in [-0.05, 0) is 24.3 Å². The number of amides is 2. The van der Waals surface area contributed by atoms with E-state index in [2.05, 4.69) is 20.5 Å². The smallest absolute Gasteiger partial charge is 0.227 e. The number of hydrogen-bond donors (Lipinski definition) is 1. The summed E-state index contributed by atoms with van der Waals surface area (Å²) >= 11 is 1.21. The van der Waals surface area contributed by atoms with Gasteiger partial charge in [-0.1, -0.05) is 35.6 Å². The summed E-state index contributed by atoms with van der Waals surface area (Å²) < 4.78 is 0. The summed E-state index contributed by atoms with van der Waals surface area (Å²) in [6.45, 7) is 0.283. The predicted molar refractivity (Wildman–Crippen MR) is 110 cm³/mol. The second-order valence-electron chi connectivity index (χ2n) is 5.96. The highest BCUT2D eigenvalue weighted by Gasteiger charge is 2.17. The lowest BCUT2D eigenvalue weighted by Crippen LogP contribution is -2.32. The van der Waals surface area contributed by atoms with E-state index in [1.54, 1.807) is 24.4 Å². The maximum absolute atomic E-state index is 12.6. The molecule has 0 unspecified atom stereocenters. The van der Waals surface area contributed by atoms with Gasteiger partial charge in [0, 0.05) is 31.3 Å². The van der Waals surface area contributed by atoms with E-state index in [9.17, 15) is 9.59 Å². The standard InChI is InChI=1S/C20H18N6O2S/c21-12-6-14-26(15-7-2-1-3-8-15)18(28)11-10-17(27)23-20-25-24-19(29-20)16-9-4-5-13-22-16/h1-5,7-9,13H,6,10-11,14H2,(H,23,25,27). The first-order valence-corrected chi connectivity index (χ1v) is 9.76. The first-order valence-electron chi connectivity index (χ1n) is 8.94. The summed E-state index contributed by atoms with van der Waals surface area (Å²) in [5, 5.41) is 20.4. The Morgan fingerprint density at radius 2 is 1.86 bits per heavy atom. The molecule has 0 bridgehead atoms. The molecule has 0 aliphatic rings. The van der Waals surface area contributed by atoms with Crippen LogP contribution in [0.3, 0.4) is 0 Å². The van der Waals surface area contributed by atoms with Gasteiger partial charge in [0.2, 0.25) is 16.9 Å². The maximum Gasteiger partial charge on any atom is 0.227 e.